The third-order valence-electron chi connectivity index (χ3n) is 9.38. The second-order valence-electron chi connectivity index (χ2n) is 13.4. The molecule has 0 aliphatic rings. The first-order valence-electron chi connectivity index (χ1n) is 19.7. The molecule has 1 rings (SSSR count). The van der Waals surface area contributed by atoms with E-state index in [2.05, 4.69) is 62.4 Å². The number of hydrogen-bond donors (Lipinski definition) is 2. The van der Waals surface area contributed by atoms with Crippen LogP contribution in [0.2, 0.25) is 50.9 Å². The fourth-order valence-electron chi connectivity index (χ4n) is 6.71. The lowest BCUT2D eigenvalue weighted by Crippen LogP contribution is -2.50. The van der Waals surface area contributed by atoms with E-state index in [-0.39, 0.29) is 11.3 Å². The van der Waals surface area contributed by atoms with Crippen molar-refractivity contribution in [1.29, 1.82) is 0 Å². The maximum absolute atomic E-state index is 6.14. The van der Waals surface area contributed by atoms with E-state index in [9.17, 15) is 0 Å². The van der Waals surface area contributed by atoms with Crippen LogP contribution >= 0.6 is 0 Å². The van der Waals surface area contributed by atoms with Crippen LogP contribution in [0.3, 0.4) is 0 Å². The molecular formula is C36H76N2O8Si6. The van der Waals surface area contributed by atoms with Gasteiger partial charge in [-0.3, -0.25) is 0 Å². The molecule has 16 heteroatoms. The molecule has 1 aromatic rings. The zero-order chi connectivity index (χ0) is 39.2. The van der Waals surface area contributed by atoms with E-state index in [1.165, 1.54) is 5.56 Å². The van der Waals surface area contributed by atoms with Gasteiger partial charge < -0.3 is 46.0 Å². The fourth-order valence-corrected chi connectivity index (χ4v) is 19.0. The van der Waals surface area contributed by atoms with Crippen LogP contribution in [0, 0.1) is 0 Å². The van der Waals surface area contributed by atoms with Gasteiger partial charge in [-0.15, -0.1) is 0 Å². The van der Waals surface area contributed by atoms with Gasteiger partial charge in [-0.2, -0.15) is 0 Å². The molecule has 10 nitrogen and oxygen atoms in total. The highest BCUT2D eigenvalue weighted by Gasteiger charge is 2.41. The molecule has 0 aromatic heterocycles. The summed E-state index contributed by atoms with van der Waals surface area (Å²) in [7, 11) is -4.80. The lowest BCUT2D eigenvalue weighted by Gasteiger charge is -2.33. The van der Waals surface area contributed by atoms with Crippen LogP contribution in [-0.4, -0.2) is 126 Å². The smallest absolute Gasteiger partial charge is 0.397 e. The molecule has 1 atom stereocenters. The molecule has 0 saturated heterocycles. The Bertz CT molecular complexity index is 1020. The quantitative estimate of drug-likeness (QED) is 0.0542. The maximum atomic E-state index is 6.14. The molecule has 0 bridgehead atoms. The van der Waals surface area contributed by atoms with Crippen molar-refractivity contribution in [1.82, 2.24) is 10.6 Å². The van der Waals surface area contributed by atoms with E-state index in [0.29, 0.717) is 49.2 Å². The molecule has 0 aliphatic heterocycles. The van der Waals surface area contributed by atoms with E-state index < -0.39 is 43.8 Å². The molecule has 0 aliphatic carbocycles. The molecule has 0 heterocycles. The largest absolute Gasteiger partial charge is 0.500 e. The second-order valence-corrected chi connectivity index (χ2v) is 29.1. The van der Waals surface area contributed by atoms with Crippen molar-refractivity contribution >= 4 is 63.7 Å². The van der Waals surface area contributed by atoms with Crippen LogP contribution in [0.5, 0.6) is 0 Å². The van der Waals surface area contributed by atoms with Crippen LogP contribution < -0.4 is 21.0 Å². The van der Waals surface area contributed by atoms with Crippen molar-refractivity contribution in [2.75, 3.05) is 67.0 Å². The Morgan fingerprint density at radius 3 is 1.44 bits per heavy atom. The molecule has 1 aromatic carbocycles. The molecule has 52 heavy (non-hydrogen) atoms. The third-order valence-corrected chi connectivity index (χ3v) is 23.9. The zero-order valence-corrected chi connectivity index (χ0v) is 41.5. The van der Waals surface area contributed by atoms with E-state index in [0.717, 1.165) is 50.5 Å². The number of nitrogens with one attached hydrogen (secondary N) is 2. The lowest BCUT2D eigenvalue weighted by molar-refractivity contribution is 0.0701. The van der Waals surface area contributed by atoms with Crippen LogP contribution in [-0.2, 0) is 41.8 Å². The van der Waals surface area contributed by atoms with Crippen molar-refractivity contribution in [3.63, 3.8) is 0 Å². The fraction of sp³-hybridized carbons (Fsp3) is 0.833. The predicted molar refractivity (Wildman–Crippen MR) is 229 cm³/mol. The summed E-state index contributed by atoms with van der Waals surface area (Å²) in [4.78, 5) is 0. The average molecular weight is 834 g/mol. The Morgan fingerprint density at radius 2 is 1.10 bits per heavy atom. The maximum Gasteiger partial charge on any atom is 0.500 e. The van der Waals surface area contributed by atoms with Crippen molar-refractivity contribution in [3.8, 4) is 0 Å². The summed E-state index contributed by atoms with van der Waals surface area (Å²) in [6.07, 6.45) is 2.89. The van der Waals surface area contributed by atoms with Gasteiger partial charge in [0.2, 0.25) is 0 Å². The summed E-state index contributed by atoms with van der Waals surface area (Å²) < 4.78 is 49.0. The molecular weight excluding hydrogens is 757 g/mol. The summed E-state index contributed by atoms with van der Waals surface area (Å²) in [5, 5.41) is 11.0. The number of rotatable bonds is 32. The Labute approximate surface area is 328 Å². The van der Waals surface area contributed by atoms with Gasteiger partial charge in [-0.05, 0) is 91.6 Å². The Kier molecular flexibility index (Phi) is 25.9. The van der Waals surface area contributed by atoms with Crippen molar-refractivity contribution in [2.45, 2.75) is 130 Å². The summed E-state index contributed by atoms with van der Waals surface area (Å²) in [5.41, 5.74) is 3.19. The molecule has 0 saturated carbocycles. The van der Waals surface area contributed by atoms with Crippen molar-refractivity contribution in [2.24, 2.45) is 0 Å². The average Bonchev–Trinajstić information content (AvgIpc) is 3.11. The second kappa shape index (κ2) is 26.9. The minimum absolute atomic E-state index is 0.180. The molecule has 2 N–H and O–H groups in total. The van der Waals surface area contributed by atoms with Crippen LogP contribution in [0.4, 0.5) is 0 Å². The summed E-state index contributed by atoms with van der Waals surface area (Å²) in [6.45, 7) is 31.7. The highest BCUT2D eigenvalue weighted by molar-refractivity contribution is 6.82. The molecule has 0 fully saturated rings. The number of hydrogen-bond acceptors (Lipinski definition) is 10. The topological polar surface area (TPSA) is 97.9 Å². The van der Waals surface area contributed by atoms with Crippen LogP contribution in [0.15, 0.2) is 12.1 Å². The van der Waals surface area contributed by atoms with Crippen molar-refractivity contribution in [3.05, 3.63) is 23.3 Å². The molecule has 4 radical (unpaired) electrons. The van der Waals surface area contributed by atoms with Crippen molar-refractivity contribution < 1.29 is 35.4 Å². The monoisotopic (exact) mass is 832 g/mol. The predicted octanol–water partition coefficient (Wildman–Crippen LogP) is 5.62. The minimum atomic E-state index is -2.69. The van der Waals surface area contributed by atoms with Gasteiger partial charge in [-0.1, -0.05) is 61.7 Å². The van der Waals surface area contributed by atoms with Gasteiger partial charge in [0.15, 0.2) is 0 Å². The van der Waals surface area contributed by atoms with Crippen LogP contribution in [0.1, 0.15) is 78.0 Å². The number of benzene rings is 1. The highest BCUT2D eigenvalue weighted by atomic mass is 28.4. The van der Waals surface area contributed by atoms with E-state index >= 15 is 0 Å². The Balaban J connectivity index is 3.30. The SMILES string of the molecule is CCO[Si](CCCNC(NCCC[Si](OCC)(OCC)OCC)[Si]CCc1c(C(C)[Si](C)(OC)OC)ccc([Si](C)C)c1[Si](C)C)(OCC)OCC. The minimum Gasteiger partial charge on any atom is -0.397 e. The van der Waals surface area contributed by atoms with E-state index in [1.54, 1.807) is 15.9 Å². The third kappa shape index (κ3) is 15.9. The normalized spacial score (nSPS) is 13.6. The molecule has 0 spiro atoms. The summed E-state index contributed by atoms with van der Waals surface area (Å²) >= 11 is 0. The lowest BCUT2D eigenvalue weighted by atomic mass is 10.0. The molecule has 302 valence electrons. The first-order chi connectivity index (χ1) is 24.8. The molecule has 1 unspecified atom stereocenters. The highest BCUT2D eigenvalue weighted by Crippen LogP contribution is 2.30. The standard InChI is InChI=1S/C36H76N2O8Si6/c1-15-41-51(42-16-2,43-17-3)29-21-26-37-36(38-27-22-30-52(44-18-4,45-19-5)46-20-6)47-28-25-33-32(31(7)50(14,39-8)40-9)23-24-34(48(10)11)35(33)49(12)13/h23-24,31,36-38H,15-22,25-30H2,1-14H3. The van der Waals surface area contributed by atoms with E-state index in [4.69, 9.17) is 35.4 Å². The van der Waals surface area contributed by atoms with Crippen LogP contribution in [0.25, 0.3) is 0 Å². The van der Waals surface area contributed by atoms with Gasteiger partial charge in [0.05, 0.1) is 27.1 Å². The van der Waals surface area contributed by atoms with Gasteiger partial charge in [0.25, 0.3) is 0 Å². The first kappa shape index (κ1) is 50.1. The van der Waals surface area contributed by atoms with Gasteiger partial charge >= 0.3 is 26.2 Å². The van der Waals surface area contributed by atoms with Gasteiger partial charge in [0, 0.05) is 77.3 Å². The first-order valence-corrected chi connectivity index (χ1v) is 32.3. The zero-order valence-electron chi connectivity index (χ0n) is 35.5. The summed E-state index contributed by atoms with van der Waals surface area (Å²) in [6, 6.07) is 7.51. The summed E-state index contributed by atoms with van der Waals surface area (Å²) in [5.74, 6) is 0.180. The van der Waals surface area contributed by atoms with Gasteiger partial charge in [0.1, 0.15) is 0 Å². The van der Waals surface area contributed by atoms with Gasteiger partial charge in [-0.25, -0.2) is 0 Å². The molecule has 0 amide bonds. The Hall–Kier alpha value is 0.121. The van der Waals surface area contributed by atoms with E-state index in [1.807, 2.05) is 55.8 Å². The Morgan fingerprint density at radius 1 is 0.673 bits per heavy atom.